The molecule has 13 N–H and O–H groups in total. The van der Waals surface area contributed by atoms with Crippen molar-refractivity contribution in [2.24, 2.45) is 27.9 Å². The average Bonchev–Trinajstić information content (AvgIpc) is 2.77. The second kappa shape index (κ2) is 16.9. The number of hydrogen-bond acceptors (Lipinski definition) is 9. The van der Waals surface area contributed by atoms with Crippen LogP contribution in [-0.4, -0.2) is 89.0 Å². The largest absolute Gasteiger partial charge is 0.480 e. The number of carboxylic acids is 1. The molecule has 34 heavy (non-hydrogen) atoms. The number of aliphatic carboxylic acids is 1. The van der Waals surface area contributed by atoms with Gasteiger partial charge in [0.2, 0.25) is 17.7 Å². The van der Waals surface area contributed by atoms with Gasteiger partial charge in [-0.05, 0) is 45.6 Å². The molecule has 0 saturated heterocycles. The van der Waals surface area contributed by atoms with Gasteiger partial charge in [-0.3, -0.25) is 19.4 Å². The van der Waals surface area contributed by atoms with Crippen LogP contribution in [0.5, 0.6) is 0 Å². The molecule has 0 rings (SSSR count). The van der Waals surface area contributed by atoms with E-state index in [4.69, 9.17) is 22.9 Å². The Kier molecular flexibility index (Phi) is 15.6. The van der Waals surface area contributed by atoms with Gasteiger partial charge in [0.15, 0.2) is 5.96 Å². The highest BCUT2D eigenvalue weighted by Gasteiger charge is 2.30. The first-order valence-electron chi connectivity index (χ1n) is 10.9. The molecule has 5 unspecified atom stereocenters. The van der Waals surface area contributed by atoms with Crippen molar-refractivity contribution >= 4 is 42.3 Å². The molecule has 15 heteroatoms. The van der Waals surface area contributed by atoms with Crippen LogP contribution in [0.3, 0.4) is 0 Å². The van der Waals surface area contributed by atoms with Crippen molar-refractivity contribution in [3.8, 4) is 0 Å². The summed E-state index contributed by atoms with van der Waals surface area (Å²) in [7, 11) is 0. The number of aliphatic imine (C=N–C) groups is 1. The molecular weight excluding hydrogens is 468 g/mol. The van der Waals surface area contributed by atoms with E-state index in [9.17, 15) is 29.4 Å². The maximum Gasteiger partial charge on any atom is 0.326 e. The summed E-state index contributed by atoms with van der Waals surface area (Å²) in [5, 5.41) is 26.2. The third-order valence-corrected chi connectivity index (χ3v) is 5.14. The van der Waals surface area contributed by atoms with Gasteiger partial charge in [-0.15, -0.1) is 0 Å². The highest BCUT2D eigenvalue weighted by atomic mass is 32.1. The van der Waals surface area contributed by atoms with Gasteiger partial charge in [0.25, 0.3) is 0 Å². The van der Waals surface area contributed by atoms with Crippen LogP contribution in [0.4, 0.5) is 0 Å². The van der Waals surface area contributed by atoms with Crippen molar-refractivity contribution in [2.75, 3.05) is 18.8 Å². The predicted octanol–water partition coefficient (Wildman–Crippen LogP) is -3.65. The van der Waals surface area contributed by atoms with Gasteiger partial charge < -0.3 is 49.1 Å². The fraction of sp³-hybridized carbons (Fsp3) is 0.737. The minimum absolute atomic E-state index is 0.0634. The molecule has 196 valence electrons. The Morgan fingerprint density at radius 1 is 0.912 bits per heavy atom. The summed E-state index contributed by atoms with van der Waals surface area (Å²) in [5.41, 5.74) is 21.5. The monoisotopic (exact) mass is 506 g/mol. The number of guanidine groups is 1. The summed E-state index contributed by atoms with van der Waals surface area (Å²) < 4.78 is 0. The fourth-order valence-electron chi connectivity index (χ4n) is 2.75. The fourth-order valence-corrected chi connectivity index (χ4v) is 3.01. The first-order valence-corrected chi connectivity index (χ1v) is 11.5. The van der Waals surface area contributed by atoms with Crippen LogP contribution in [0, 0.1) is 0 Å². The van der Waals surface area contributed by atoms with Gasteiger partial charge in [0.05, 0.1) is 6.10 Å². The maximum absolute atomic E-state index is 12.8. The molecule has 0 heterocycles. The highest BCUT2D eigenvalue weighted by molar-refractivity contribution is 7.80. The molecule has 0 saturated carbocycles. The van der Waals surface area contributed by atoms with Crippen molar-refractivity contribution in [2.45, 2.75) is 69.3 Å². The standard InChI is InChI=1S/C19H38N8O6S/c1-10(28)14(21)17(31)27-13(9-34)16(30)25-11(5-2-3-7-20)15(29)26-12(18(32)33)6-4-8-24-19(22)23/h10-14,28,34H,2-9,20-21H2,1H3,(H,25,30)(H,26,29)(H,27,31)(H,32,33)(H4,22,23,24). The maximum atomic E-state index is 12.8. The summed E-state index contributed by atoms with van der Waals surface area (Å²) in [6.07, 6.45) is 0.483. The smallest absolute Gasteiger partial charge is 0.326 e. The Bertz CT molecular complexity index is 704. The van der Waals surface area contributed by atoms with Crippen molar-refractivity contribution in [1.29, 1.82) is 0 Å². The molecule has 0 aliphatic carbocycles. The number of unbranched alkanes of at least 4 members (excludes halogenated alkanes) is 1. The number of carbonyl (C=O) groups is 4. The van der Waals surface area contributed by atoms with Crippen LogP contribution in [0.2, 0.25) is 0 Å². The Hall–Kier alpha value is -2.62. The van der Waals surface area contributed by atoms with Gasteiger partial charge in [0.1, 0.15) is 24.2 Å². The van der Waals surface area contributed by atoms with Crippen molar-refractivity contribution in [3.63, 3.8) is 0 Å². The molecule has 0 bridgehead atoms. The first kappa shape index (κ1) is 31.4. The quantitative estimate of drug-likeness (QED) is 0.0400. The van der Waals surface area contributed by atoms with Crippen LogP contribution in [0.1, 0.15) is 39.0 Å². The molecule has 0 aliphatic rings. The highest BCUT2D eigenvalue weighted by Crippen LogP contribution is 2.05. The Balaban J connectivity index is 5.28. The van der Waals surface area contributed by atoms with E-state index in [1.54, 1.807) is 0 Å². The number of nitrogens with one attached hydrogen (secondary N) is 3. The predicted molar refractivity (Wildman–Crippen MR) is 130 cm³/mol. The minimum atomic E-state index is -1.26. The van der Waals surface area contributed by atoms with E-state index in [1.165, 1.54) is 6.92 Å². The lowest BCUT2D eigenvalue weighted by atomic mass is 10.1. The van der Waals surface area contributed by atoms with Crippen molar-refractivity contribution in [3.05, 3.63) is 0 Å². The lowest BCUT2D eigenvalue weighted by Crippen LogP contribution is -2.58. The van der Waals surface area contributed by atoms with Gasteiger partial charge >= 0.3 is 5.97 Å². The zero-order valence-electron chi connectivity index (χ0n) is 19.3. The third-order valence-electron chi connectivity index (χ3n) is 4.78. The summed E-state index contributed by atoms with van der Waals surface area (Å²) >= 11 is 4.05. The summed E-state index contributed by atoms with van der Waals surface area (Å²) in [6, 6.07) is -4.70. The minimum Gasteiger partial charge on any atom is -0.480 e. The zero-order valence-corrected chi connectivity index (χ0v) is 20.2. The number of carbonyl (C=O) groups excluding carboxylic acids is 3. The van der Waals surface area contributed by atoms with Crippen molar-refractivity contribution in [1.82, 2.24) is 16.0 Å². The van der Waals surface area contributed by atoms with Crippen molar-refractivity contribution < 1.29 is 29.4 Å². The summed E-state index contributed by atoms with van der Waals surface area (Å²) in [6.45, 7) is 1.89. The zero-order chi connectivity index (χ0) is 26.3. The Labute approximate surface area is 204 Å². The Morgan fingerprint density at radius 3 is 1.94 bits per heavy atom. The lowest BCUT2D eigenvalue weighted by molar-refractivity contribution is -0.142. The van der Waals surface area contributed by atoms with E-state index in [0.29, 0.717) is 25.8 Å². The van der Waals surface area contributed by atoms with E-state index >= 15 is 0 Å². The third kappa shape index (κ3) is 12.6. The van der Waals surface area contributed by atoms with Crippen LogP contribution in [0.15, 0.2) is 4.99 Å². The number of aliphatic hydroxyl groups excluding tert-OH is 1. The van der Waals surface area contributed by atoms with Gasteiger partial charge in [-0.2, -0.15) is 12.6 Å². The first-order chi connectivity index (χ1) is 15.9. The lowest BCUT2D eigenvalue weighted by Gasteiger charge is -2.25. The van der Waals surface area contributed by atoms with Gasteiger partial charge in [0, 0.05) is 12.3 Å². The molecule has 3 amide bonds. The number of aliphatic hydroxyl groups is 1. The second-order valence-corrected chi connectivity index (χ2v) is 8.07. The number of nitrogens with zero attached hydrogens (tertiary/aromatic N) is 1. The number of carboxylic acid groups (broad SMARTS) is 1. The number of nitrogens with two attached hydrogens (primary N) is 4. The van der Waals surface area contributed by atoms with E-state index in [1.807, 2.05) is 0 Å². The van der Waals surface area contributed by atoms with Gasteiger partial charge in [-0.1, -0.05) is 0 Å². The van der Waals surface area contributed by atoms with E-state index < -0.39 is 54.0 Å². The number of hydrogen-bond donors (Lipinski definition) is 10. The summed E-state index contributed by atoms with van der Waals surface area (Å²) in [5.74, 6) is -3.67. The molecule has 0 spiro atoms. The van der Waals surface area contributed by atoms with Crippen LogP contribution in [0.25, 0.3) is 0 Å². The molecule has 0 fully saturated rings. The Morgan fingerprint density at radius 2 is 1.44 bits per heavy atom. The molecule has 5 atom stereocenters. The average molecular weight is 507 g/mol. The number of thiol groups is 1. The van der Waals surface area contributed by atoms with E-state index in [0.717, 1.165) is 0 Å². The SMILES string of the molecule is CC(O)C(N)C(=O)NC(CS)C(=O)NC(CCCCN)C(=O)NC(CCCN=C(N)N)C(=O)O. The molecule has 0 aromatic carbocycles. The molecular formula is C19H38N8O6S. The molecule has 0 aromatic heterocycles. The van der Waals surface area contributed by atoms with Crippen LogP contribution in [-0.2, 0) is 19.2 Å². The normalized spacial score (nSPS) is 15.2. The van der Waals surface area contributed by atoms with E-state index in [2.05, 4.69) is 33.6 Å². The van der Waals surface area contributed by atoms with Crippen LogP contribution >= 0.6 is 12.6 Å². The van der Waals surface area contributed by atoms with Crippen LogP contribution < -0.4 is 38.9 Å². The topological polar surface area (TPSA) is 261 Å². The molecule has 0 aliphatic heterocycles. The van der Waals surface area contributed by atoms with Gasteiger partial charge in [-0.25, -0.2) is 4.79 Å². The van der Waals surface area contributed by atoms with E-state index in [-0.39, 0.29) is 31.1 Å². The second-order valence-electron chi connectivity index (χ2n) is 7.70. The number of rotatable bonds is 17. The summed E-state index contributed by atoms with van der Waals surface area (Å²) in [4.78, 5) is 52.9. The number of amides is 3. The molecule has 0 aromatic rings. The molecule has 0 radical (unpaired) electrons. The molecule has 14 nitrogen and oxygen atoms in total.